The van der Waals surface area contributed by atoms with Crippen LogP contribution in [0.5, 0.6) is 0 Å². The third kappa shape index (κ3) is 2.39. The van der Waals surface area contributed by atoms with Gasteiger partial charge in [-0.05, 0) is 11.5 Å². The minimum Gasteiger partial charge on any atom is -0.0991 e. The molecule has 1 aliphatic rings. The molecule has 0 heteroatoms. The second kappa shape index (κ2) is 4.55. The van der Waals surface area contributed by atoms with Gasteiger partial charge >= 0.3 is 0 Å². The Morgan fingerprint density at radius 1 is 1.33 bits per heavy atom. The molecule has 0 aromatic heterocycles. The fourth-order valence-corrected chi connectivity index (χ4v) is 1.11. The van der Waals surface area contributed by atoms with Gasteiger partial charge in [-0.3, -0.25) is 0 Å². The normalized spacial score (nSPS) is 25.4. The molecule has 0 fully saturated rings. The Morgan fingerprint density at radius 3 is 2.83 bits per heavy atom. The van der Waals surface area contributed by atoms with Crippen molar-refractivity contribution in [3.63, 3.8) is 0 Å². The van der Waals surface area contributed by atoms with E-state index in [0.29, 0.717) is 5.92 Å². The lowest BCUT2D eigenvalue weighted by Crippen LogP contribution is -1.94. The predicted molar refractivity (Wildman–Crippen MR) is 54.9 cm³/mol. The molecule has 0 aromatic carbocycles. The first kappa shape index (κ1) is 8.79. The van der Waals surface area contributed by atoms with Crippen molar-refractivity contribution in [2.24, 2.45) is 5.92 Å². The van der Waals surface area contributed by atoms with E-state index in [4.69, 9.17) is 0 Å². The molecule has 0 heterocycles. The Morgan fingerprint density at radius 2 is 2.17 bits per heavy atom. The molecule has 62 valence electrons. The molecule has 1 unspecified atom stereocenters. The largest absolute Gasteiger partial charge is 0.0991 e. The van der Waals surface area contributed by atoms with Crippen LogP contribution in [0.2, 0.25) is 0 Å². The van der Waals surface area contributed by atoms with Crippen LogP contribution in [-0.4, -0.2) is 0 Å². The highest BCUT2D eigenvalue weighted by Gasteiger charge is 2.02. The Kier molecular flexibility index (Phi) is 3.34. The first-order valence-electron chi connectivity index (χ1n) is 4.18. The van der Waals surface area contributed by atoms with Gasteiger partial charge < -0.3 is 0 Å². The van der Waals surface area contributed by atoms with E-state index in [-0.39, 0.29) is 0 Å². The number of allylic oxidation sites excluding steroid dienone is 9. The van der Waals surface area contributed by atoms with Crippen LogP contribution in [0.1, 0.15) is 6.92 Å². The number of rotatable bonds is 2. The predicted octanol–water partition coefficient (Wildman–Crippen LogP) is 3.42. The first-order chi connectivity index (χ1) is 5.84. The molecule has 1 aliphatic carbocycles. The summed E-state index contributed by atoms with van der Waals surface area (Å²) in [6.07, 6.45) is 16.3. The van der Waals surface area contributed by atoms with Gasteiger partial charge in [0.25, 0.3) is 0 Å². The van der Waals surface area contributed by atoms with Gasteiger partial charge in [-0.2, -0.15) is 0 Å². The van der Waals surface area contributed by atoms with Crippen molar-refractivity contribution < 1.29 is 0 Å². The van der Waals surface area contributed by atoms with E-state index in [9.17, 15) is 0 Å². The van der Waals surface area contributed by atoms with E-state index in [0.717, 1.165) is 0 Å². The van der Waals surface area contributed by atoms with Gasteiger partial charge in [0, 0.05) is 0 Å². The molecule has 0 spiro atoms. The van der Waals surface area contributed by atoms with Crippen molar-refractivity contribution in [2.45, 2.75) is 6.92 Å². The zero-order valence-electron chi connectivity index (χ0n) is 7.40. The third-order valence-electron chi connectivity index (χ3n) is 1.86. The smallest absolute Gasteiger partial charge is 0.000732 e. The van der Waals surface area contributed by atoms with Crippen molar-refractivity contribution >= 4 is 0 Å². The minimum absolute atomic E-state index is 0.532. The number of hydrogen-bond acceptors (Lipinski definition) is 0. The summed E-state index contributed by atoms with van der Waals surface area (Å²) in [6.45, 7) is 5.80. The molecule has 0 aromatic rings. The highest BCUT2D eigenvalue weighted by molar-refractivity contribution is 5.35. The van der Waals surface area contributed by atoms with Crippen LogP contribution in [-0.2, 0) is 0 Å². The van der Waals surface area contributed by atoms with E-state index in [1.807, 2.05) is 12.2 Å². The van der Waals surface area contributed by atoms with Crippen LogP contribution in [0.3, 0.4) is 0 Å². The Bertz CT molecular complexity index is 262. The van der Waals surface area contributed by atoms with Gasteiger partial charge in [0.1, 0.15) is 0 Å². The highest BCUT2D eigenvalue weighted by Crippen LogP contribution is 2.17. The SMILES string of the molecule is C=C/C=C\C=C1\C=CC=CC1C. The molecule has 0 radical (unpaired) electrons. The molecular weight excluding hydrogens is 144 g/mol. The van der Waals surface area contributed by atoms with Gasteiger partial charge in [0.15, 0.2) is 0 Å². The maximum Gasteiger partial charge on any atom is -0.000732 e. The van der Waals surface area contributed by atoms with Gasteiger partial charge in [-0.15, -0.1) is 0 Å². The lowest BCUT2D eigenvalue weighted by molar-refractivity contribution is 0.884. The van der Waals surface area contributed by atoms with Crippen molar-refractivity contribution in [3.8, 4) is 0 Å². The summed E-state index contributed by atoms with van der Waals surface area (Å²) >= 11 is 0. The molecule has 0 nitrogen and oxygen atoms in total. The second-order valence-corrected chi connectivity index (χ2v) is 2.82. The highest BCUT2D eigenvalue weighted by atomic mass is 14.1. The molecule has 0 saturated carbocycles. The zero-order chi connectivity index (χ0) is 8.81. The van der Waals surface area contributed by atoms with E-state index in [1.165, 1.54) is 5.57 Å². The Balaban J connectivity index is 2.68. The Hall–Kier alpha value is -1.30. The lowest BCUT2D eigenvalue weighted by Gasteiger charge is -2.09. The molecule has 0 N–H and O–H groups in total. The fraction of sp³-hybridized carbons (Fsp3) is 0.167. The van der Waals surface area contributed by atoms with Crippen molar-refractivity contribution in [2.75, 3.05) is 0 Å². The second-order valence-electron chi connectivity index (χ2n) is 2.82. The van der Waals surface area contributed by atoms with Crippen molar-refractivity contribution in [1.82, 2.24) is 0 Å². The zero-order valence-corrected chi connectivity index (χ0v) is 7.40. The van der Waals surface area contributed by atoms with Crippen LogP contribution in [0.15, 0.2) is 60.8 Å². The van der Waals surface area contributed by atoms with Crippen LogP contribution in [0.4, 0.5) is 0 Å². The summed E-state index contributed by atoms with van der Waals surface area (Å²) in [5.41, 5.74) is 1.34. The molecule has 0 aliphatic heterocycles. The summed E-state index contributed by atoms with van der Waals surface area (Å²) in [6, 6.07) is 0. The van der Waals surface area contributed by atoms with E-state index < -0.39 is 0 Å². The third-order valence-corrected chi connectivity index (χ3v) is 1.86. The van der Waals surface area contributed by atoms with Gasteiger partial charge in [-0.1, -0.05) is 62.1 Å². The maximum absolute atomic E-state index is 3.61. The van der Waals surface area contributed by atoms with Gasteiger partial charge in [0.2, 0.25) is 0 Å². The molecule has 1 rings (SSSR count). The quantitative estimate of drug-likeness (QED) is 0.540. The molecule has 12 heavy (non-hydrogen) atoms. The van der Waals surface area contributed by atoms with Gasteiger partial charge in [-0.25, -0.2) is 0 Å². The maximum atomic E-state index is 3.61. The standard InChI is InChI=1S/C12H14/c1-3-4-5-9-12-10-7-6-8-11(12)2/h3-11H,1H2,2H3/b5-4-,12-9-. The summed E-state index contributed by atoms with van der Waals surface area (Å²) < 4.78 is 0. The summed E-state index contributed by atoms with van der Waals surface area (Å²) in [4.78, 5) is 0. The van der Waals surface area contributed by atoms with Crippen molar-refractivity contribution in [1.29, 1.82) is 0 Å². The lowest BCUT2D eigenvalue weighted by atomic mass is 9.96. The van der Waals surface area contributed by atoms with Crippen LogP contribution < -0.4 is 0 Å². The summed E-state index contributed by atoms with van der Waals surface area (Å²) in [7, 11) is 0. The molecule has 1 atom stereocenters. The summed E-state index contributed by atoms with van der Waals surface area (Å²) in [5, 5.41) is 0. The average Bonchev–Trinajstić information content (AvgIpc) is 2.09. The van der Waals surface area contributed by atoms with E-state index in [1.54, 1.807) is 6.08 Å². The van der Waals surface area contributed by atoms with Crippen LogP contribution in [0.25, 0.3) is 0 Å². The topological polar surface area (TPSA) is 0 Å². The van der Waals surface area contributed by atoms with Crippen molar-refractivity contribution in [3.05, 3.63) is 60.8 Å². The summed E-state index contributed by atoms with van der Waals surface area (Å²) in [5.74, 6) is 0.532. The fourth-order valence-electron chi connectivity index (χ4n) is 1.11. The minimum atomic E-state index is 0.532. The Labute approximate surface area is 74.3 Å². The average molecular weight is 158 g/mol. The first-order valence-corrected chi connectivity index (χ1v) is 4.18. The molecule has 0 amide bonds. The number of hydrogen-bond donors (Lipinski definition) is 0. The molecule has 0 bridgehead atoms. The van der Waals surface area contributed by atoms with Gasteiger partial charge in [0.05, 0.1) is 0 Å². The molecule has 0 saturated heterocycles. The monoisotopic (exact) mass is 158 g/mol. The van der Waals surface area contributed by atoms with Crippen LogP contribution in [0, 0.1) is 5.92 Å². The van der Waals surface area contributed by atoms with Crippen LogP contribution >= 0.6 is 0 Å². The van der Waals surface area contributed by atoms with E-state index >= 15 is 0 Å². The molecular formula is C12H14. The van der Waals surface area contributed by atoms with E-state index in [2.05, 4.69) is 43.9 Å².